The molecule has 9 atom stereocenters. The fourth-order valence-electron chi connectivity index (χ4n) is 13.5. The van der Waals surface area contributed by atoms with Crippen molar-refractivity contribution in [1.82, 2.24) is 21.0 Å². The van der Waals surface area contributed by atoms with Gasteiger partial charge in [-0.25, -0.2) is 14.8 Å². The third-order valence-corrected chi connectivity index (χ3v) is 20.6. The van der Waals surface area contributed by atoms with Crippen LogP contribution in [0.25, 0.3) is 0 Å². The Hall–Kier alpha value is -3.80. The number of ether oxygens (including phenoxy) is 5. The van der Waals surface area contributed by atoms with Gasteiger partial charge in [0.05, 0.1) is 32.5 Å². The van der Waals surface area contributed by atoms with Crippen LogP contribution in [0, 0.1) is 0 Å². The Bertz CT molecular complexity index is 2220. The smallest absolute Gasteiger partial charge is 0.470 e. The Morgan fingerprint density at radius 3 is 1.05 bits per heavy atom. The summed E-state index contributed by atoms with van der Waals surface area (Å²) in [6.45, 7) is 21.1. The number of carbonyl (C=O) groups excluding carboxylic acids is 6. The normalized spacial score (nSPS) is 17.0. The number of aliphatic carboxylic acids is 1. The van der Waals surface area contributed by atoms with Gasteiger partial charge in [0.15, 0.2) is 12.3 Å². The summed E-state index contributed by atoms with van der Waals surface area (Å²) in [5.41, 5.74) is 2.34. The fraction of sp³-hybridized carbons (Fsp3) is 0.916. The van der Waals surface area contributed by atoms with Gasteiger partial charge in [0.1, 0.15) is 42.7 Å². The lowest BCUT2D eigenvalue weighted by molar-refractivity contribution is -0.281. The summed E-state index contributed by atoms with van der Waals surface area (Å²) in [4.78, 5) is 125. The van der Waals surface area contributed by atoms with Gasteiger partial charge in [0.2, 0.25) is 17.7 Å². The Kier molecular flexibility index (Phi) is 68.7. The first-order chi connectivity index (χ1) is 51.7. The number of unbranched alkanes of at least 4 members (excludes halogenated alkanes) is 38. The lowest BCUT2D eigenvalue weighted by atomic mass is 9.96. The van der Waals surface area contributed by atoms with Crippen molar-refractivity contribution in [3.05, 3.63) is 0 Å². The maximum absolute atomic E-state index is 14.7. The van der Waals surface area contributed by atoms with Gasteiger partial charge in [-0.15, -0.1) is 0 Å². The molecule has 1 saturated heterocycles. The Morgan fingerprint density at radius 1 is 0.421 bits per heavy atom. The summed E-state index contributed by atoms with van der Waals surface area (Å²) in [5, 5.41) is 26.7. The molecule has 24 heteroatoms. The molecule has 23 nitrogen and oxygen atoms in total. The second-order valence-corrected chi connectivity index (χ2v) is 31.1. The van der Waals surface area contributed by atoms with Crippen LogP contribution in [0.5, 0.6) is 0 Å². The van der Waals surface area contributed by atoms with E-state index in [9.17, 15) is 58.1 Å². The van der Waals surface area contributed by atoms with Crippen LogP contribution in [0.4, 0.5) is 0 Å². The van der Waals surface area contributed by atoms with Gasteiger partial charge in [-0.05, 0) is 77.4 Å². The number of hydrogen-bond acceptors (Lipinski definition) is 17. The van der Waals surface area contributed by atoms with E-state index < -0.39 is 130 Å². The number of phosphoric acid groups is 1. The predicted octanol–water partition coefficient (Wildman–Crippen LogP) is 18.5. The second kappa shape index (κ2) is 71.3. The number of nitrogens with one attached hydrogen (secondary N) is 3. The summed E-state index contributed by atoms with van der Waals surface area (Å²) in [5.74, 6) is -5.31. The zero-order valence-electron chi connectivity index (χ0n) is 69.0. The Labute approximate surface area is 649 Å². The van der Waals surface area contributed by atoms with Crippen molar-refractivity contribution in [2.45, 2.75) is 458 Å². The number of carbonyl (C=O) groups is 7. The van der Waals surface area contributed by atoms with E-state index in [1.54, 1.807) is 0 Å². The molecular formula is C83H159N4O19P. The maximum Gasteiger partial charge on any atom is 0.470 e. The molecule has 0 aromatic rings. The summed E-state index contributed by atoms with van der Waals surface area (Å²) in [7, 11) is -5.54. The summed E-state index contributed by atoms with van der Waals surface area (Å²) in [6.07, 6.45) is 34.2. The molecule has 0 aromatic heterocycles. The number of nitrogens with zero attached hydrogens (tertiary/aromatic N) is 1. The maximum atomic E-state index is 14.7. The number of phosphoric ester groups is 1. The zero-order valence-corrected chi connectivity index (χ0v) is 69.9. The van der Waals surface area contributed by atoms with Crippen molar-refractivity contribution in [3.8, 4) is 0 Å². The average Bonchev–Trinajstić information content (AvgIpc) is 0.782. The van der Waals surface area contributed by atoms with Crippen LogP contribution in [0.2, 0.25) is 0 Å². The van der Waals surface area contributed by atoms with E-state index in [1.165, 1.54) is 64.6 Å². The minimum absolute atomic E-state index is 0.138. The van der Waals surface area contributed by atoms with Crippen molar-refractivity contribution in [2.24, 2.45) is 0 Å². The number of hydrogen-bond donors (Lipinski definition) is 7. The van der Waals surface area contributed by atoms with Gasteiger partial charge in [0.25, 0.3) is 0 Å². The number of aliphatic hydroxyl groups is 1. The van der Waals surface area contributed by atoms with Gasteiger partial charge >= 0.3 is 31.7 Å². The van der Waals surface area contributed by atoms with E-state index in [1.807, 2.05) is 6.92 Å². The minimum atomic E-state index is -5.54. The van der Waals surface area contributed by atoms with E-state index in [0.717, 1.165) is 199 Å². The third kappa shape index (κ3) is 59.6. The molecule has 0 radical (unpaired) electrons. The molecule has 630 valence electrons. The molecule has 0 spiro atoms. The van der Waals surface area contributed by atoms with E-state index >= 15 is 0 Å². The highest BCUT2D eigenvalue weighted by Gasteiger charge is 2.52. The first-order valence-electron chi connectivity index (χ1n) is 43.4. The van der Waals surface area contributed by atoms with Crippen LogP contribution < -0.4 is 16.1 Å². The Morgan fingerprint density at radius 2 is 0.729 bits per heavy atom. The minimum Gasteiger partial charge on any atom is -0.480 e. The monoisotopic (exact) mass is 1550 g/mol. The molecule has 0 saturated carbocycles. The standard InChI is InChI=1S/C77H144N3O19P.C6H15N/c1-7-13-19-24-29-32-37-40-46-51-62(94-70(85)54-45-18-12-6)57-67(82)78-65(76(88)89)61-93-77-73(79-68(83)58-63(52-47-41-38-33-30-25-20-14-8-2)95-71(86)55-49-43-35-27-22-16-10-4)75(74(66(60-81)97-77)99-100(90,91)92)98-80-69(84)59-64(53-48-42-39-34-31-26-21-15-9-3)96-72(87)56-50-44-36-28-23-17-11-5;1-4-7(5-2)6-3/h62-66,73-75,77,81H,7-61H2,1-6H3,(H,78,82)(H,79,83)(H,80,84)(H,88,89)(H2,90,91,92);4-6H2,1-3H3/t62-,63-,64-,65+,66-,73-,74-,75-,77+;/m1./s1. The largest absolute Gasteiger partial charge is 0.480 e. The Balaban J connectivity index is 0.0000152. The molecule has 0 bridgehead atoms. The molecule has 0 aromatic carbocycles. The van der Waals surface area contributed by atoms with Gasteiger partial charge in [-0.1, -0.05) is 306 Å². The molecule has 1 heterocycles. The first-order valence-corrected chi connectivity index (χ1v) is 44.9. The van der Waals surface area contributed by atoms with Crippen molar-refractivity contribution in [3.63, 3.8) is 0 Å². The lowest BCUT2D eigenvalue weighted by Crippen LogP contribution is -2.67. The first kappa shape index (κ1) is 103. The van der Waals surface area contributed by atoms with Gasteiger partial charge in [0, 0.05) is 19.3 Å². The van der Waals surface area contributed by atoms with Crippen molar-refractivity contribution >= 4 is 49.4 Å². The number of rotatable bonds is 73. The van der Waals surface area contributed by atoms with E-state index in [-0.39, 0.29) is 25.7 Å². The number of amides is 3. The van der Waals surface area contributed by atoms with Crippen molar-refractivity contribution in [2.75, 3.05) is 32.8 Å². The fourth-order valence-corrected chi connectivity index (χ4v) is 14.0. The highest BCUT2D eigenvalue weighted by molar-refractivity contribution is 7.46. The van der Waals surface area contributed by atoms with Gasteiger partial charge < -0.3 is 59.2 Å². The van der Waals surface area contributed by atoms with Crippen LogP contribution in [0.15, 0.2) is 0 Å². The molecular weight excluding hydrogens is 1390 g/mol. The molecule has 0 aliphatic carbocycles. The molecule has 3 amide bonds. The second-order valence-electron chi connectivity index (χ2n) is 29.9. The highest BCUT2D eigenvalue weighted by Crippen LogP contribution is 2.42. The van der Waals surface area contributed by atoms with Crippen molar-refractivity contribution < 1.29 is 91.2 Å². The van der Waals surface area contributed by atoms with Crippen LogP contribution in [0.3, 0.4) is 0 Å². The number of esters is 3. The number of carboxylic acids is 1. The quantitative estimate of drug-likeness (QED) is 0.00978. The summed E-state index contributed by atoms with van der Waals surface area (Å²) in [6, 6.07) is -3.55. The van der Waals surface area contributed by atoms with E-state index in [0.29, 0.717) is 57.8 Å². The molecule has 7 N–H and O–H groups in total. The third-order valence-electron chi connectivity index (χ3n) is 20.1. The molecule has 1 fully saturated rings. The highest BCUT2D eigenvalue weighted by atomic mass is 31.2. The average molecular weight is 1550 g/mol. The molecule has 107 heavy (non-hydrogen) atoms. The lowest BCUT2D eigenvalue weighted by Gasteiger charge is -2.45. The van der Waals surface area contributed by atoms with Crippen molar-refractivity contribution in [1.29, 1.82) is 0 Å². The van der Waals surface area contributed by atoms with Crippen LogP contribution in [-0.2, 0) is 71.2 Å². The number of hydroxylamine groups is 1. The summed E-state index contributed by atoms with van der Waals surface area (Å²) < 4.78 is 48.3. The molecule has 1 rings (SSSR count). The van der Waals surface area contributed by atoms with E-state index in [2.05, 4.69) is 76.4 Å². The molecule has 1 aliphatic rings. The van der Waals surface area contributed by atoms with Crippen LogP contribution in [0.1, 0.15) is 403 Å². The van der Waals surface area contributed by atoms with Crippen LogP contribution in [-0.4, -0.2) is 154 Å². The number of aliphatic hydroxyl groups excluding tert-OH is 1. The predicted molar refractivity (Wildman–Crippen MR) is 425 cm³/mol. The van der Waals surface area contributed by atoms with E-state index in [4.69, 9.17) is 33.0 Å². The summed E-state index contributed by atoms with van der Waals surface area (Å²) >= 11 is 0. The topological polar surface area (TPSA) is 321 Å². The van der Waals surface area contributed by atoms with Gasteiger partial charge in [-0.3, -0.25) is 38.1 Å². The molecule has 0 unspecified atom stereocenters. The zero-order chi connectivity index (χ0) is 79.4. The SMILES string of the molecule is CCCCCCCCCCC[C@H](CC(=O)NO[C@@H]1[C@@H](NC(=O)C[C@@H](CCCCCCCCCCC)OC(=O)CCCCCCCCC)[C@@H](OC[C@H](NC(=O)C[C@@H](CCCCCCCCCCC)OC(=O)CCCCC)C(=O)O)O[C@H](CO)[C@H]1OP(=O)(O)O)OC(=O)CCCCCCCCC.CCN(CC)CC. The van der Waals surface area contributed by atoms with Gasteiger partial charge in [-0.2, -0.15) is 0 Å². The van der Waals surface area contributed by atoms with Crippen LogP contribution >= 0.6 is 7.82 Å². The number of carboxylic acid groups (broad SMARTS) is 1. The molecule has 1 aliphatic heterocycles.